The molecule has 1 spiro atoms. The first-order valence-electron chi connectivity index (χ1n) is 5.39. The van der Waals surface area contributed by atoms with Crippen molar-refractivity contribution in [3.05, 3.63) is 0 Å². The van der Waals surface area contributed by atoms with E-state index >= 15 is 0 Å². The zero-order chi connectivity index (χ0) is 10.4. The van der Waals surface area contributed by atoms with Crippen LogP contribution >= 0.6 is 0 Å². The standard InChI is InChI=1S/C8H18GeN2O4/c1-5-12-9(13-6-2-10-1)14-7-3-11-4-8-15-9/h10-11H,1-8H2. The van der Waals surface area contributed by atoms with Crippen LogP contribution in [0.25, 0.3) is 0 Å². The maximum absolute atomic E-state index is 5.68. The third-order valence-corrected chi connectivity index (χ3v) is 6.91. The van der Waals surface area contributed by atoms with Crippen LogP contribution in [0.15, 0.2) is 0 Å². The molecule has 0 bridgehead atoms. The molecule has 0 amide bonds. The molecule has 0 aromatic rings. The summed E-state index contributed by atoms with van der Waals surface area (Å²) >= 11 is -3.35. The van der Waals surface area contributed by atoms with Crippen LogP contribution in [0.5, 0.6) is 0 Å². The summed E-state index contributed by atoms with van der Waals surface area (Å²) in [5, 5.41) is 6.39. The Hall–Kier alpha value is 0.303. The molecule has 2 heterocycles. The Bertz CT molecular complexity index is 156. The van der Waals surface area contributed by atoms with Crippen LogP contribution in [0, 0.1) is 0 Å². The van der Waals surface area contributed by atoms with E-state index < -0.39 is 14.6 Å². The number of nitrogens with one attached hydrogen (secondary N) is 2. The number of hydrogen-bond acceptors (Lipinski definition) is 6. The topological polar surface area (TPSA) is 61.0 Å². The summed E-state index contributed by atoms with van der Waals surface area (Å²) < 4.78 is 22.7. The Morgan fingerprint density at radius 3 is 1.27 bits per heavy atom. The molecule has 15 heavy (non-hydrogen) atoms. The molecule has 2 aliphatic rings. The van der Waals surface area contributed by atoms with Gasteiger partial charge in [0.2, 0.25) is 0 Å². The number of hydrogen-bond donors (Lipinski definition) is 2. The van der Waals surface area contributed by atoms with Gasteiger partial charge in [-0.1, -0.05) is 0 Å². The maximum atomic E-state index is 5.68. The second-order valence-corrected chi connectivity index (χ2v) is 7.91. The molecule has 0 aromatic heterocycles. The Kier molecular flexibility index (Phi) is 4.82. The van der Waals surface area contributed by atoms with Crippen LogP contribution < -0.4 is 10.6 Å². The van der Waals surface area contributed by atoms with Gasteiger partial charge in [0, 0.05) is 0 Å². The van der Waals surface area contributed by atoms with Crippen LogP contribution in [0.3, 0.4) is 0 Å². The van der Waals surface area contributed by atoms with E-state index in [2.05, 4.69) is 10.6 Å². The average molecular weight is 279 g/mol. The third-order valence-electron chi connectivity index (χ3n) is 2.23. The van der Waals surface area contributed by atoms with Gasteiger partial charge in [0.1, 0.15) is 0 Å². The molecule has 6 nitrogen and oxygen atoms in total. The Morgan fingerprint density at radius 2 is 0.933 bits per heavy atom. The van der Waals surface area contributed by atoms with Gasteiger partial charge >= 0.3 is 92.9 Å². The van der Waals surface area contributed by atoms with Gasteiger partial charge in [0.25, 0.3) is 0 Å². The first-order chi connectivity index (χ1) is 7.41. The summed E-state index contributed by atoms with van der Waals surface area (Å²) in [7, 11) is 0. The third kappa shape index (κ3) is 3.67. The summed E-state index contributed by atoms with van der Waals surface area (Å²) in [5.74, 6) is 0. The molecule has 88 valence electrons. The van der Waals surface area contributed by atoms with Gasteiger partial charge in [-0.25, -0.2) is 0 Å². The molecular weight excluding hydrogens is 261 g/mol. The monoisotopic (exact) mass is 280 g/mol. The van der Waals surface area contributed by atoms with E-state index in [1.165, 1.54) is 0 Å². The minimum absolute atomic E-state index is 0.605. The Balaban J connectivity index is 1.92. The van der Waals surface area contributed by atoms with E-state index in [0.29, 0.717) is 26.4 Å². The van der Waals surface area contributed by atoms with Crippen molar-refractivity contribution >= 4 is 14.6 Å². The van der Waals surface area contributed by atoms with Crippen molar-refractivity contribution in [2.75, 3.05) is 52.6 Å². The number of rotatable bonds is 0. The van der Waals surface area contributed by atoms with Crippen molar-refractivity contribution in [3.8, 4) is 0 Å². The van der Waals surface area contributed by atoms with Gasteiger partial charge in [-0.05, 0) is 0 Å². The molecule has 0 radical (unpaired) electrons. The molecule has 0 aliphatic carbocycles. The fraction of sp³-hybridized carbons (Fsp3) is 1.00. The van der Waals surface area contributed by atoms with Crippen molar-refractivity contribution in [3.63, 3.8) is 0 Å². The van der Waals surface area contributed by atoms with Crippen LogP contribution in [0.2, 0.25) is 0 Å². The minimum atomic E-state index is -3.35. The summed E-state index contributed by atoms with van der Waals surface area (Å²) in [6.07, 6.45) is 0. The van der Waals surface area contributed by atoms with Gasteiger partial charge in [-0.15, -0.1) is 0 Å². The van der Waals surface area contributed by atoms with Crippen LogP contribution in [0.4, 0.5) is 0 Å². The van der Waals surface area contributed by atoms with Crippen molar-refractivity contribution in [2.24, 2.45) is 0 Å². The van der Waals surface area contributed by atoms with Crippen molar-refractivity contribution in [1.82, 2.24) is 10.6 Å². The van der Waals surface area contributed by atoms with Gasteiger partial charge < -0.3 is 0 Å². The zero-order valence-corrected chi connectivity index (χ0v) is 10.9. The van der Waals surface area contributed by atoms with E-state index in [-0.39, 0.29) is 0 Å². The second-order valence-electron chi connectivity index (χ2n) is 3.39. The predicted molar refractivity (Wildman–Crippen MR) is 55.3 cm³/mol. The molecular formula is C8H18GeN2O4. The van der Waals surface area contributed by atoms with E-state index in [0.717, 1.165) is 26.2 Å². The van der Waals surface area contributed by atoms with Crippen molar-refractivity contribution < 1.29 is 15.1 Å². The molecule has 2 aliphatic heterocycles. The molecule has 2 saturated heterocycles. The van der Waals surface area contributed by atoms with Gasteiger partial charge in [0.05, 0.1) is 0 Å². The summed E-state index contributed by atoms with van der Waals surface area (Å²) in [6.45, 7) is 5.76. The molecule has 2 fully saturated rings. The molecule has 0 atom stereocenters. The van der Waals surface area contributed by atoms with Crippen LogP contribution in [-0.2, 0) is 15.1 Å². The molecule has 2 rings (SSSR count). The molecule has 7 heteroatoms. The normalized spacial score (nSPS) is 28.8. The predicted octanol–water partition coefficient (Wildman–Crippen LogP) is -1.31. The van der Waals surface area contributed by atoms with Gasteiger partial charge in [-0.2, -0.15) is 0 Å². The molecule has 0 unspecified atom stereocenters. The van der Waals surface area contributed by atoms with Crippen molar-refractivity contribution in [2.45, 2.75) is 0 Å². The fourth-order valence-electron chi connectivity index (χ4n) is 1.49. The van der Waals surface area contributed by atoms with Gasteiger partial charge in [-0.3, -0.25) is 0 Å². The van der Waals surface area contributed by atoms with Crippen LogP contribution in [-0.4, -0.2) is 67.2 Å². The second kappa shape index (κ2) is 6.14. The van der Waals surface area contributed by atoms with E-state index in [4.69, 9.17) is 15.1 Å². The first kappa shape index (κ1) is 11.8. The summed E-state index contributed by atoms with van der Waals surface area (Å²) in [5.41, 5.74) is 0. The van der Waals surface area contributed by atoms with E-state index in [1.54, 1.807) is 0 Å². The fourth-order valence-corrected chi connectivity index (χ4v) is 5.50. The van der Waals surface area contributed by atoms with E-state index in [9.17, 15) is 0 Å². The molecule has 0 aromatic carbocycles. The summed E-state index contributed by atoms with van der Waals surface area (Å²) in [6, 6.07) is 0. The Morgan fingerprint density at radius 1 is 0.600 bits per heavy atom. The average Bonchev–Trinajstić information content (AvgIpc) is 2.15. The Labute approximate surface area is 93.3 Å². The molecule has 2 N–H and O–H groups in total. The molecule has 0 saturated carbocycles. The quantitative estimate of drug-likeness (QED) is 0.537. The summed E-state index contributed by atoms with van der Waals surface area (Å²) in [4.78, 5) is 0. The van der Waals surface area contributed by atoms with Crippen molar-refractivity contribution in [1.29, 1.82) is 0 Å². The SMILES string of the molecule is C1C[O][Ge]2([O]CCN1)[O]CCNCC[O]2. The zero-order valence-electron chi connectivity index (χ0n) is 8.79. The van der Waals surface area contributed by atoms with Crippen LogP contribution in [0.1, 0.15) is 0 Å². The first-order valence-corrected chi connectivity index (χ1v) is 8.81. The van der Waals surface area contributed by atoms with Gasteiger partial charge in [0.15, 0.2) is 0 Å². The van der Waals surface area contributed by atoms with E-state index in [1.807, 2.05) is 0 Å².